The molecule has 0 unspecified atom stereocenters. The van der Waals surface area contributed by atoms with Gasteiger partial charge in [-0.3, -0.25) is 4.68 Å². The molecule has 19 heavy (non-hydrogen) atoms. The maximum absolute atomic E-state index is 6.19. The van der Waals surface area contributed by atoms with Crippen LogP contribution in [0.15, 0.2) is 22.7 Å². The van der Waals surface area contributed by atoms with E-state index in [1.807, 2.05) is 25.2 Å². The highest BCUT2D eigenvalue weighted by atomic mass is 79.9. The molecule has 0 aliphatic heterocycles. The van der Waals surface area contributed by atoms with Crippen molar-refractivity contribution in [2.75, 3.05) is 11.1 Å². The minimum atomic E-state index is 0.631. The Morgan fingerprint density at radius 1 is 1.47 bits per heavy atom. The highest BCUT2D eigenvalue weighted by Crippen LogP contribution is 2.31. The summed E-state index contributed by atoms with van der Waals surface area (Å²) in [6.45, 7) is 2.10. The van der Waals surface area contributed by atoms with Gasteiger partial charge in [-0.25, -0.2) is 0 Å². The molecule has 0 fully saturated rings. The average molecular weight is 344 g/mol. The second kappa shape index (κ2) is 5.84. The maximum Gasteiger partial charge on any atom is 0.152 e. The number of hydrogen-bond acceptors (Lipinski definition) is 3. The van der Waals surface area contributed by atoms with Crippen LogP contribution in [0.25, 0.3) is 0 Å². The lowest BCUT2D eigenvalue weighted by Gasteiger charge is -2.09. The number of hydrogen-bond donors (Lipinski definition) is 2. The third kappa shape index (κ3) is 3.04. The molecule has 102 valence electrons. The van der Waals surface area contributed by atoms with E-state index in [2.05, 4.69) is 33.3 Å². The summed E-state index contributed by atoms with van der Waals surface area (Å²) in [6.07, 6.45) is 1.88. The van der Waals surface area contributed by atoms with Gasteiger partial charge in [-0.15, -0.1) is 0 Å². The molecule has 0 saturated carbocycles. The number of benzene rings is 1. The second-order valence-electron chi connectivity index (χ2n) is 4.33. The fraction of sp³-hybridized carbons (Fsp3) is 0.308. The Morgan fingerprint density at radius 3 is 2.84 bits per heavy atom. The Bertz CT molecular complexity index is 595. The Hall–Kier alpha value is -1.20. The molecule has 4 nitrogen and oxygen atoms in total. The first-order valence-corrected chi connectivity index (χ1v) is 7.23. The van der Waals surface area contributed by atoms with Crippen LogP contribution in [0.5, 0.6) is 0 Å². The summed E-state index contributed by atoms with van der Waals surface area (Å²) in [4.78, 5) is 0. The molecule has 0 saturated heterocycles. The van der Waals surface area contributed by atoms with Crippen molar-refractivity contribution in [2.45, 2.75) is 19.8 Å². The van der Waals surface area contributed by atoms with Gasteiger partial charge in [-0.05, 0) is 24.6 Å². The van der Waals surface area contributed by atoms with Gasteiger partial charge in [-0.1, -0.05) is 40.9 Å². The molecular formula is C13H16BrClN4. The normalized spacial score (nSPS) is 10.7. The third-order valence-electron chi connectivity index (χ3n) is 2.83. The minimum absolute atomic E-state index is 0.631. The van der Waals surface area contributed by atoms with Gasteiger partial charge < -0.3 is 11.1 Å². The van der Waals surface area contributed by atoms with E-state index in [0.717, 1.165) is 34.5 Å². The second-order valence-corrected chi connectivity index (χ2v) is 5.65. The van der Waals surface area contributed by atoms with E-state index in [1.165, 1.54) is 0 Å². The summed E-state index contributed by atoms with van der Waals surface area (Å²) in [7, 11) is 1.87. The van der Waals surface area contributed by atoms with Crippen molar-refractivity contribution in [3.63, 3.8) is 0 Å². The molecule has 6 heteroatoms. The number of nitrogen functional groups attached to an aromatic ring is 1. The highest BCUT2D eigenvalue weighted by molar-refractivity contribution is 9.10. The number of aryl methyl sites for hydroxylation is 2. The lowest BCUT2D eigenvalue weighted by molar-refractivity contribution is 0.740. The van der Waals surface area contributed by atoms with Crippen molar-refractivity contribution < 1.29 is 0 Å². The summed E-state index contributed by atoms with van der Waals surface area (Å²) in [5.74, 6) is 0.771. The summed E-state index contributed by atoms with van der Waals surface area (Å²) in [5.41, 5.74) is 8.53. The summed E-state index contributed by atoms with van der Waals surface area (Å²) in [5, 5.41) is 8.29. The molecule has 1 heterocycles. The number of aromatic nitrogens is 2. The van der Waals surface area contributed by atoms with Gasteiger partial charge in [0, 0.05) is 11.5 Å². The van der Waals surface area contributed by atoms with Crippen molar-refractivity contribution >= 4 is 44.7 Å². The molecule has 0 aliphatic rings. The lowest BCUT2D eigenvalue weighted by atomic mass is 10.2. The SMILES string of the molecule is CCCc1nn(C)c(Nc2ccc(Br)cc2Cl)c1N. The highest BCUT2D eigenvalue weighted by Gasteiger charge is 2.13. The van der Waals surface area contributed by atoms with Crippen LogP contribution in [-0.2, 0) is 13.5 Å². The maximum atomic E-state index is 6.19. The van der Waals surface area contributed by atoms with Crippen molar-refractivity contribution in [1.29, 1.82) is 0 Å². The lowest BCUT2D eigenvalue weighted by Crippen LogP contribution is -2.01. The van der Waals surface area contributed by atoms with Crippen LogP contribution < -0.4 is 11.1 Å². The van der Waals surface area contributed by atoms with Gasteiger partial charge >= 0.3 is 0 Å². The molecule has 0 spiro atoms. The molecule has 2 rings (SSSR count). The molecule has 0 radical (unpaired) electrons. The fourth-order valence-electron chi connectivity index (χ4n) is 1.88. The standard InChI is InChI=1S/C13H16BrClN4/c1-3-4-11-12(16)13(19(2)18-11)17-10-6-5-8(14)7-9(10)15/h5-7,17H,3-4,16H2,1-2H3. The van der Waals surface area contributed by atoms with Gasteiger partial charge in [0.1, 0.15) is 0 Å². The van der Waals surface area contributed by atoms with Gasteiger partial charge in [0.15, 0.2) is 5.82 Å². The molecule has 1 aromatic carbocycles. The number of nitrogens with two attached hydrogens (primary N) is 1. The predicted molar refractivity (Wildman–Crippen MR) is 84.1 cm³/mol. The molecule has 0 atom stereocenters. The van der Waals surface area contributed by atoms with Crippen LogP contribution in [-0.4, -0.2) is 9.78 Å². The smallest absolute Gasteiger partial charge is 0.152 e. The molecule has 0 bridgehead atoms. The topological polar surface area (TPSA) is 55.9 Å². The Morgan fingerprint density at radius 2 is 2.21 bits per heavy atom. The van der Waals surface area contributed by atoms with Gasteiger partial charge in [0.05, 0.1) is 22.1 Å². The van der Waals surface area contributed by atoms with Crippen LogP contribution in [0.2, 0.25) is 5.02 Å². The van der Waals surface area contributed by atoms with Crippen LogP contribution in [0.3, 0.4) is 0 Å². The third-order valence-corrected chi connectivity index (χ3v) is 3.64. The zero-order valence-electron chi connectivity index (χ0n) is 10.9. The molecule has 0 aliphatic carbocycles. The van der Waals surface area contributed by atoms with Crippen LogP contribution in [0, 0.1) is 0 Å². The Balaban J connectivity index is 2.33. The number of halogens is 2. The molecule has 1 aromatic heterocycles. The van der Waals surface area contributed by atoms with E-state index < -0.39 is 0 Å². The van der Waals surface area contributed by atoms with E-state index in [4.69, 9.17) is 17.3 Å². The first kappa shape index (κ1) is 14.2. The number of nitrogens with zero attached hydrogens (tertiary/aromatic N) is 2. The van der Waals surface area contributed by atoms with Crippen LogP contribution in [0.4, 0.5) is 17.2 Å². The van der Waals surface area contributed by atoms with Gasteiger partial charge in [0.25, 0.3) is 0 Å². The quantitative estimate of drug-likeness (QED) is 0.878. The first-order valence-electron chi connectivity index (χ1n) is 6.06. The van der Waals surface area contributed by atoms with Crippen molar-refractivity contribution in [3.05, 3.63) is 33.4 Å². The minimum Gasteiger partial charge on any atom is -0.394 e. The summed E-state index contributed by atoms with van der Waals surface area (Å²) >= 11 is 9.57. The molecular weight excluding hydrogens is 328 g/mol. The average Bonchev–Trinajstić information content (AvgIpc) is 2.60. The zero-order valence-corrected chi connectivity index (χ0v) is 13.2. The molecule has 3 N–H and O–H groups in total. The van der Waals surface area contributed by atoms with E-state index >= 15 is 0 Å². The number of anilines is 3. The Labute approximate surface area is 126 Å². The number of rotatable bonds is 4. The fourth-order valence-corrected chi connectivity index (χ4v) is 2.60. The van der Waals surface area contributed by atoms with E-state index in [1.54, 1.807) is 4.68 Å². The first-order chi connectivity index (χ1) is 9.02. The Kier molecular flexibility index (Phi) is 4.37. The summed E-state index contributed by atoms with van der Waals surface area (Å²) in [6, 6.07) is 5.66. The monoisotopic (exact) mass is 342 g/mol. The van der Waals surface area contributed by atoms with E-state index in [-0.39, 0.29) is 0 Å². The van der Waals surface area contributed by atoms with Crippen molar-refractivity contribution in [1.82, 2.24) is 9.78 Å². The van der Waals surface area contributed by atoms with Crippen LogP contribution >= 0.6 is 27.5 Å². The van der Waals surface area contributed by atoms with E-state index in [9.17, 15) is 0 Å². The predicted octanol–water partition coefficient (Wildman–Crippen LogP) is 4.11. The van der Waals surface area contributed by atoms with Crippen molar-refractivity contribution in [3.8, 4) is 0 Å². The largest absolute Gasteiger partial charge is 0.394 e. The zero-order chi connectivity index (χ0) is 14.0. The number of nitrogens with one attached hydrogen (secondary N) is 1. The molecule has 0 amide bonds. The van der Waals surface area contributed by atoms with Gasteiger partial charge in [0.2, 0.25) is 0 Å². The summed E-state index contributed by atoms with van der Waals surface area (Å²) < 4.78 is 2.69. The van der Waals surface area contributed by atoms with Gasteiger partial charge in [-0.2, -0.15) is 5.10 Å². The van der Waals surface area contributed by atoms with E-state index in [0.29, 0.717) is 10.7 Å². The van der Waals surface area contributed by atoms with Crippen molar-refractivity contribution in [2.24, 2.45) is 7.05 Å². The molecule has 2 aromatic rings. The van der Waals surface area contributed by atoms with Crippen LogP contribution in [0.1, 0.15) is 19.0 Å².